The van der Waals surface area contributed by atoms with E-state index in [1.54, 1.807) is 16.2 Å². The normalized spacial score (nSPS) is 21.3. The first-order valence-electron chi connectivity index (χ1n) is 10.7. The molecule has 1 fully saturated rings. The standard InChI is InChI=1S/C23H34N4O3S/c1-14-20(31-13-26-14)16-7-5-15(6-8-16)11-25-19(29)10-17-9-18(28)12-27(17)22(30)21(24)23(2,3)4/h5-8,13,17-19,21,25,28-29H,9-12,24H2,1-4H3/t17-,18+,19?,21+/m0/s1. The predicted molar refractivity (Wildman–Crippen MR) is 123 cm³/mol. The summed E-state index contributed by atoms with van der Waals surface area (Å²) in [5.41, 5.74) is 10.8. The highest BCUT2D eigenvalue weighted by Crippen LogP contribution is 2.28. The number of thiazole rings is 1. The molecule has 4 atom stereocenters. The van der Waals surface area contributed by atoms with Crippen molar-refractivity contribution in [2.24, 2.45) is 11.1 Å². The third-order valence-corrected chi connectivity index (χ3v) is 6.85. The number of β-amino-alcohol motifs (C(OH)–C–C–N with tert-alkyl or cyclic N) is 1. The topological polar surface area (TPSA) is 112 Å². The Bertz CT molecular complexity index is 878. The van der Waals surface area contributed by atoms with Gasteiger partial charge in [-0.2, -0.15) is 0 Å². The number of benzene rings is 1. The van der Waals surface area contributed by atoms with Crippen molar-refractivity contribution in [3.63, 3.8) is 0 Å². The summed E-state index contributed by atoms with van der Waals surface area (Å²) >= 11 is 1.62. The number of aromatic nitrogens is 1. The van der Waals surface area contributed by atoms with Crippen molar-refractivity contribution >= 4 is 17.2 Å². The van der Waals surface area contributed by atoms with E-state index in [4.69, 9.17) is 5.73 Å². The lowest BCUT2D eigenvalue weighted by Crippen LogP contribution is -2.52. The number of hydrogen-bond donors (Lipinski definition) is 4. The van der Waals surface area contributed by atoms with Crippen LogP contribution in [0, 0.1) is 12.3 Å². The van der Waals surface area contributed by atoms with Gasteiger partial charge in [0.2, 0.25) is 5.91 Å². The van der Waals surface area contributed by atoms with Crippen LogP contribution in [0.15, 0.2) is 29.8 Å². The number of carbonyl (C=O) groups excluding carboxylic acids is 1. The van der Waals surface area contributed by atoms with E-state index < -0.39 is 18.4 Å². The molecule has 1 unspecified atom stereocenters. The lowest BCUT2D eigenvalue weighted by Gasteiger charge is -2.33. The zero-order chi connectivity index (χ0) is 22.8. The fourth-order valence-corrected chi connectivity index (χ4v) is 4.68. The summed E-state index contributed by atoms with van der Waals surface area (Å²) in [5.74, 6) is -0.171. The number of aliphatic hydroxyl groups is 2. The SMILES string of the molecule is Cc1ncsc1-c1ccc(CNC(O)C[C@@H]2C[C@@H](O)CN2C(=O)[C@@H](N)C(C)(C)C)cc1. The number of nitrogens with one attached hydrogen (secondary N) is 1. The Labute approximate surface area is 188 Å². The molecule has 1 aromatic heterocycles. The van der Waals surface area contributed by atoms with Crippen molar-refractivity contribution in [2.75, 3.05) is 6.54 Å². The highest BCUT2D eigenvalue weighted by Gasteiger charge is 2.40. The maximum atomic E-state index is 12.8. The van der Waals surface area contributed by atoms with Crippen LogP contribution in [0.2, 0.25) is 0 Å². The van der Waals surface area contributed by atoms with E-state index in [1.807, 2.05) is 45.3 Å². The minimum absolute atomic E-state index is 0.171. The van der Waals surface area contributed by atoms with Crippen molar-refractivity contribution in [1.82, 2.24) is 15.2 Å². The first-order chi connectivity index (χ1) is 14.6. The Morgan fingerprint density at radius 1 is 1.35 bits per heavy atom. The zero-order valence-electron chi connectivity index (χ0n) is 18.7. The molecule has 1 saturated heterocycles. The van der Waals surface area contributed by atoms with Crippen molar-refractivity contribution in [3.05, 3.63) is 41.0 Å². The number of nitrogens with zero attached hydrogens (tertiary/aromatic N) is 2. The summed E-state index contributed by atoms with van der Waals surface area (Å²) < 4.78 is 0. The molecule has 0 radical (unpaired) electrons. The van der Waals surface area contributed by atoms with Gasteiger partial charge in [-0.05, 0) is 29.9 Å². The Balaban J connectivity index is 1.55. The fourth-order valence-electron chi connectivity index (χ4n) is 3.86. The maximum Gasteiger partial charge on any atom is 0.240 e. The average molecular weight is 447 g/mol. The minimum Gasteiger partial charge on any atom is -0.391 e. The second kappa shape index (κ2) is 9.75. The molecular weight excluding hydrogens is 412 g/mol. The first kappa shape index (κ1) is 23.8. The monoisotopic (exact) mass is 446 g/mol. The Morgan fingerprint density at radius 2 is 2.03 bits per heavy atom. The molecule has 0 saturated carbocycles. The van der Waals surface area contributed by atoms with Crippen LogP contribution < -0.4 is 11.1 Å². The third-order valence-electron chi connectivity index (χ3n) is 5.87. The number of hydrogen-bond acceptors (Lipinski definition) is 7. The molecule has 1 aromatic carbocycles. The number of rotatable bonds is 7. The fraction of sp³-hybridized carbons (Fsp3) is 0.565. The molecule has 2 aromatic rings. The van der Waals surface area contributed by atoms with Gasteiger partial charge in [-0.25, -0.2) is 4.98 Å². The van der Waals surface area contributed by atoms with Gasteiger partial charge in [-0.3, -0.25) is 10.1 Å². The molecule has 170 valence electrons. The van der Waals surface area contributed by atoms with Gasteiger partial charge in [-0.15, -0.1) is 11.3 Å². The molecule has 3 rings (SSSR count). The zero-order valence-corrected chi connectivity index (χ0v) is 19.5. The van der Waals surface area contributed by atoms with Crippen molar-refractivity contribution in [3.8, 4) is 10.4 Å². The van der Waals surface area contributed by atoms with Gasteiger partial charge in [-0.1, -0.05) is 45.0 Å². The van der Waals surface area contributed by atoms with E-state index in [9.17, 15) is 15.0 Å². The number of amides is 1. The average Bonchev–Trinajstić information content (AvgIpc) is 3.30. The summed E-state index contributed by atoms with van der Waals surface area (Å²) in [6.07, 6.45) is -0.585. The Hall–Kier alpha value is -1.84. The number of nitrogens with two attached hydrogens (primary N) is 1. The van der Waals surface area contributed by atoms with Gasteiger partial charge in [0.25, 0.3) is 0 Å². The van der Waals surface area contributed by atoms with Crippen molar-refractivity contribution in [1.29, 1.82) is 0 Å². The van der Waals surface area contributed by atoms with Crippen LogP contribution in [0.1, 0.15) is 44.9 Å². The molecule has 0 bridgehead atoms. The third kappa shape index (κ3) is 5.90. The number of aryl methyl sites for hydroxylation is 1. The van der Waals surface area contributed by atoms with Gasteiger partial charge in [0.1, 0.15) is 6.23 Å². The summed E-state index contributed by atoms with van der Waals surface area (Å²) in [6, 6.07) is 7.30. The molecule has 8 heteroatoms. The van der Waals surface area contributed by atoms with Gasteiger partial charge >= 0.3 is 0 Å². The van der Waals surface area contributed by atoms with Crippen LogP contribution in [0.3, 0.4) is 0 Å². The summed E-state index contributed by atoms with van der Waals surface area (Å²) in [7, 11) is 0. The van der Waals surface area contributed by atoms with Crippen LogP contribution in [0.25, 0.3) is 10.4 Å². The van der Waals surface area contributed by atoms with Crippen LogP contribution in [-0.4, -0.2) is 57.0 Å². The van der Waals surface area contributed by atoms with Crippen molar-refractivity contribution < 1.29 is 15.0 Å². The van der Waals surface area contributed by atoms with E-state index in [0.717, 1.165) is 21.7 Å². The van der Waals surface area contributed by atoms with E-state index in [0.29, 0.717) is 19.4 Å². The molecule has 1 aliphatic rings. The predicted octanol–water partition coefficient (Wildman–Crippen LogP) is 2.25. The molecule has 7 nitrogen and oxygen atoms in total. The number of aliphatic hydroxyl groups excluding tert-OH is 2. The van der Waals surface area contributed by atoms with Crippen LogP contribution in [0.5, 0.6) is 0 Å². The highest BCUT2D eigenvalue weighted by atomic mass is 32.1. The van der Waals surface area contributed by atoms with E-state index >= 15 is 0 Å². The first-order valence-corrected chi connectivity index (χ1v) is 11.6. The minimum atomic E-state index is -0.792. The van der Waals surface area contributed by atoms with Gasteiger partial charge in [0, 0.05) is 25.6 Å². The summed E-state index contributed by atoms with van der Waals surface area (Å²) in [5, 5.41) is 23.8. The molecular formula is C23H34N4O3S. The quantitative estimate of drug-likeness (QED) is 0.486. The van der Waals surface area contributed by atoms with Gasteiger partial charge in [0.05, 0.1) is 28.2 Å². The molecule has 31 heavy (non-hydrogen) atoms. The Kier molecular flexibility index (Phi) is 7.49. The number of likely N-dealkylation sites (tertiary alicyclic amines) is 1. The molecule has 2 heterocycles. The molecule has 1 aliphatic heterocycles. The lowest BCUT2D eigenvalue weighted by atomic mass is 9.86. The second-order valence-electron chi connectivity index (χ2n) is 9.47. The second-order valence-corrected chi connectivity index (χ2v) is 10.3. The van der Waals surface area contributed by atoms with Gasteiger partial charge in [0.15, 0.2) is 0 Å². The number of carbonyl (C=O) groups is 1. The van der Waals surface area contributed by atoms with E-state index in [1.165, 1.54) is 0 Å². The summed E-state index contributed by atoms with van der Waals surface area (Å²) in [6.45, 7) is 8.55. The van der Waals surface area contributed by atoms with Gasteiger partial charge < -0.3 is 20.8 Å². The summed E-state index contributed by atoms with van der Waals surface area (Å²) in [4.78, 5) is 19.9. The smallest absolute Gasteiger partial charge is 0.240 e. The molecule has 0 spiro atoms. The molecule has 1 amide bonds. The Morgan fingerprint density at radius 3 is 2.61 bits per heavy atom. The van der Waals surface area contributed by atoms with E-state index in [-0.39, 0.29) is 23.9 Å². The van der Waals surface area contributed by atoms with Crippen LogP contribution >= 0.6 is 11.3 Å². The maximum absolute atomic E-state index is 12.8. The molecule has 0 aliphatic carbocycles. The highest BCUT2D eigenvalue weighted by molar-refractivity contribution is 7.13. The molecule has 5 N–H and O–H groups in total. The van der Waals surface area contributed by atoms with Crippen LogP contribution in [-0.2, 0) is 11.3 Å². The van der Waals surface area contributed by atoms with Crippen molar-refractivity contribution in [2.45, 2.75) is 71.5 Å². The van der Waals surface area contributed by atoms with Crippen LogP contribution in [0.4, 0.5) is 0 Å². The lowest BCUT2D eigenvalue weighted by molar-refractivity contribution is -0.136. The largest absolute Gasteiger partial charge is 0.391 e. The van der Waals surface area contributed by atoms with E-state index in [2.05, 4.69) is 22.4 Å².